The minimum atomic E-state index is -0.464. The predicted octanol–water partition coefficient (Wildman–Crippen LogP) is 3.23. The number of rotatable bonds is 5. The van der Waals surface area contributed by atoms with Gasteiger partial charge in [-0.3, -0.25) is 0 Å². The van der Waals surface area contributed by atoms with Gasteiger partial charge in [0.25, 0.3) is 0 Å². The van der Waals surface area contributed by atoms with E-state index in [1.807, 2.05) is 27.7 Å². The van der Waals surface area contributed by atoms with Crippen molar-refractivity contribution in [3.63, 3.8) is 0 Å². The SMILES string of the molecule is CCOC1CC(NC(=O)OC(C)(C)C)C1NC1CCCCC1C. The molecule has 0 bridgehead atoms. The number of amides is 1. The topological polar surface area (TPSA) is 59.6 Å². The molecule has 2 aliphatic carbocycles. The molecule has 23 heavy (non-hydrogen) atoms. The van der Waals surface area contributed by atoms with Crippen LogP contribution >= 0.6 is 0 Å². The van der Waals surface area contributed by atoms with E-state index in [1.54, 1.807) is 0 Å². The van der Waals surface area contributed by atoms with Crippen LogP contribution in [0.2, 0.25) is 0 Å². The molecule has 0 spiro atoms. The summed E-state index contributed by atoms with van der Waals surface area (Å²) in [6.45, 7) is 10.7. The van der Waals surface area contributed by atoms with E-state index in [9.17, 15) is 4.79 Å². The van der Waals surface area contributed by atoms with E-state index in [-0.39, 0.29) is 24.3 Å². The summed E-state index contributed by atoms with van der Waals surface area (Å²) in [7, 11) is 0. The molecule has 2 rings (SSSR count). The number of hydrogen-bond donors (Lipinski definition) is 2. The summed E-state index contributed by atoms with van der Waals surface area (Å²) in [6, 6.07) is 0.809. The van der Waals surface area contributed by atoms with Crippen LogP contribution in [0.5, 0.6) is 0 Å². The van der Waals surface area contributed by atoms with Crippen LogP contribution < -0.4 is 10.6 Å². The minimum absolute atomic E-state index is 0.0931. The van der Waals surface area contributed by atoms with Crippen molar-refractivity contribution < 1.29 is 14.3 Å². The van der Waals surface area contributed by atoms with Crippen LogP contribution in [0.4, 0.5) is 4.79 Å². The first kappa shape index (κ1) is 18.5. The maximum absolute atomic E-state index is 12.0. The lowest BCUT2D eigenvalue weighted by Gasteiger charge is -2.47. The first-order valence-corrected chi connectivity index (χ1v) is 9.17. The molecule has 0 aliphatic heterocycles. The van der Waals surface area contributed by atoms with Crippen molar-refractivity contribution in [2.45, 2.75) is 96.6 Å². The molecule has 1 amide bonds. The molecule has 2 N–H and O–H groups in total. The summed E-state index contributed by atoms with van der Waals surface area (Å²) >= 11 is 0. The van der Waals surface area contributed by atoms with Crippen molar-refractivity contribution in [2.75, 3.05) is 6.61 Å². The van der Waals surface area contributed by atoms with E-state index in [0.717, 1.165) is 6.42 Å². The molecule has 0 aromatic heterocycles. The van der Waals surface area contributed by atoms with Crippen LogP contribution in [0.3, 0.4) is 0 Å². The zero-order valence-corrected chi connectivity index (χ0v) is 15.4. The zero-order valence-electron chi connectivity index (χ0n) is 15.4. The van der Waals surface area contributed by atoms with Crippen molar-refractivity contribution in [3.05, 3.63) is 0 Å². The third-order valence-electron chi connectivity index (χ3n) is 4.92. The van der Waals surface area contributed by atoms with Gasteiger partial charge < -0.3 is 20.1 Å². The van der Waals surface area contributed by atoms with Gasteiger partial charge >= 0.3 is 6.09 Å². The summed E-state index contributed by atoms with van der Waals surface area (Å²) < 4.78 is 11.2. The third kappa shape index (κ3) is 5.35. The number of nitrogens with one attached hydrogen (secondary N) is 2. The van der Waals surface area contributed by atoms with Crippen LogP contribution in [0.25, 0.3) is 0 Å². The molecule has 134 valence electrons. The van der Waals surface area contributed by atoms with Gasteiger partial charge in [0, 0.05) is 12.6 Å². The highest BCUT2D eigenvalue weighted by molar-refractivity contribution is 5.68. The summed E-state index contributed by atoms with van der Waals surface area (Å²) in [4.78, 5) is 12.0. The molecule has 5 unspecified atom stereocenters. The highest BCUT2D eigenvalue weighted by Crippen LogP contribution is 2.30. The molecule has 5 nitrogen and oxygen atoms in total. The molecule has 5 heteroatoms. The molecular formula is C18H34N2O3. The zero-order chi connectivity index (χ0) is 17.0. The second kappa shape index (κ2) is 7.84. The second-order valence-corrected chi connectivity index (χ2v) is 8.04. The van der Waals surface area contributed by atoms with E-state index in [1.165, 1.54) is 25.7 Å². The van der Waals surface area contributed by atoms with Gasteiger partial charge in [0.2, 0.25) is 0 Å². The van der Waals surface area contributed by atoms with Gasteiger partial charge in [0.05, 0.1) is 18.2 Å². The Morgan fingerprint density at radius 2 is 1.87 bits per heavy atom. The van der Waals surface area contributed by atoms with E-state index in [2.05, 4.69) is 17.6 Å². The monoisotopic (exact) mass is 326 g/mol. The molecule has 0 aromatic carbocycles. The summed E-state index contributed by atoms with van der Waals surface area (Å²) in [5, 5.41) is 6.78. The van der Waals surface area contributed by atoms with Crippen molar-refractivity contribution in [3.8, 4) is 0 Å². The summed E-state index contributed by atoms with van der Waals surface area (Å²) in [5.41, 5.74) is -0.464. The molecule has 0 saturated heterocycles. The van der Waals surface area contributed by atoms with Crippen LogP contribution in [0, 0.1) is 5.92 Å². The Balaban J connectivity index is 1.90. The Labute approximate surface area is 140 Å². The Morgan fingerprint density at radius 3 is 2.48 bits per heavy atom. The molecule has 0 heterocycles. The van der Waals surface area contributed by atoms with Crippen LogP contribution in [0.15, 0.2) is 0 Å². The Kier molecular flexibility index (Phi) is 6.32. The van der Waals surface area contributed by atoms with Crippen LogP contribution in [-0.2, 0) is 9.47 Å². The molecular weight excluding hydrogens is 292 g/mol. The average molecular weight is 326 g/mol. The fourth-order valence-electron chi connectivity index (χ4n) is 3.63. The molecule has 5 atom stereocenters. The third-order valence-corrected chi connectivity index (χ3v) is 4.92. The Hall–Kier alpha value is -0.810. The number of ether oxygens (including phenoxy) is 2. The maximum atomic E-state index is 12.0. The smallest absolute Gasteiger partial charge is 0.407 e. The number of hydrogen-bond acceptors (Lipinski definition) is 4. The van der Waals surface area contributed by atoms with Gasteiger partial charge in [-0.15, -0.1) is 0 Å². The maximum Gasteiger partial charge on any atom is 0.407 e. The number of carbonyl (C=O) groups excluding carboxylic acids is 1. The van der Waals surface area contributed by atoms with E-state index in [4.69, 9.17) is 9.47 Å². The van der Waals surface area contributed by atoms with Gasteiger partial charge in [-0.25, -0.2) is 4.79 Å². The van der Waals surface area contributed by atoms with Gasteiger partial charge in [0.15, 0.2) is 0 Å². The summed E-state index contributed by atoms with van der Waals surface area (Å²) in [5.74, 6) is 0.689. The lowest BCUT2D eigenvalue weighted by atomic mass is 9.79. The molecule has 2 fully saturated rings. The Bertz CT molecular complexity index is 394. The average Bonchev–Trinajstić information content (AvgIpc) is 2.43. The number of carbonyl (C=O) groups is 1. The molecule has 0 aromatic rings. The standard InChI is InChI=1S/C18H34N2O3/c1-6-22-15-11-14(20-17(21)23-18(3,4)5)16(15)19-13-10-8-7-9-12(13)2/h12-16,19H,6-11H2,1-5H3,(H,20,21). The minimum Gasteiger partial charge on any atom is -0.444 e. The van der Waals surface area contributed by atoms with Crippen LogP contribution in [-0.4, -0.2) is 42.5 Å². The highest BCUT2D eigenvalue weighted by atomic mass is 16.6. The van der Waals surface area contributed by atoms with Crippen molar-refractivity contribution in [1.82, 2.24) is 10.6 Å². The van der Waals surface area contributed by atoms with Crippen molar-refractivity contribution >= 4 is 6.09 Å². The molecule has 2 saturated carbocycles. The fourth-order valence-corrected chi connectivity index (χ4v) is 3.63. The van der Waals surface area contributed by atoms with Gasteiger partial charge in [0.1, 0.15) is 5.60 Å². The van der Waals surface area contributed by atoms with Crippen LogP contribution in [0.1, 0.15) is 66.7 Å². The van der Waals surface area contributed by atoms with Crippen molar-refractivity contribution in [1.29, 1.82) is 0 Å². The largest absolute Gasteiger partial charge is 0.444 e. The number of alkyl carbamates (subject to hydrolysis) is 1. The quantitative estimate of drug-likeness (QED) is 0.814. The first-order valence-electron chi connectivity index (χ1n) is 9.17. The normalized spacial score (nSPS) is 34.6. The lowest BCUT2D eigenvalue weighted by molar-refractivity contribution is -0.0497. The molecule has 2 aliphatic rings. The van der Waals surface area contributed by atoms with Crippen molar-refractivity contribution in [2.24, 2.45) is 5.92 Å². The first-order chi connectivity index (χ1) is 10.8. The van der Waals surface area contributed by atoms with E-state index >= 15 is 0 Å². The second-order valence-electron chi connectivity index (χ2n) is 8.04. The van der Waals surface area contributed by atoms with E-state index < -0.39 is 5.60 Å². The molecule has 0 radical (unpaired) electrons. The van der Waals surface area contributed by atoms with Gasteiger partial charge in [-0.1, -0.05) is 19.8 Å². The fraction of sp³-hybridized carbons (Fsp3) is 0.944. The summed E-state index contributed by atoms with van der Waals surface area (Å²) in [6.07, 6.45) is 5.83. The highest BCUT2D eigenvalue weighted by Gasteiger charge is 2.44. The predicted molar refractivity (Wildman–Crippen MR) is 91.5 cm³/mol. The Morgan fingerprint density at radius 1 is 1.17 bits per heavy atom. The lowest BCUT2D eigenvalue weighted by Crippen LogP contribution is -2.68. The van der Waals surface area contributed by atoms with E-state index in [0.29, 0.717) is 18.6 Å². The van der Waals surface area contributed by atoms with Gasteiger partial charge in [-0.05, 0) is 52.9 Å². The van der Waals surface area contributed by atoms with Gasteiger partial charge in [-0.2, -0.15) is 0 Å².